The quantitative estimate of drug-likeness (QED) is 0.811. The Kier molecular flexibility index (Phi) is 5.81. The molecule has 108 valence electrons. The molecule has 0 atom stereocenters. The molecule has 0 unspecified atom stereocenters. The average Bonchev–Trinajstić information content (AvgIpc) is 2.82. The second kappa shape index (κ2) is 6.91. The van der Waals surface area contributed by atoms with Crippen LogP contribution in [0, 0.1) is 5.41 Å². The van der Waals surface area contributed by atoms with Crippen LogP contribution in [-0.4, -0.2) is 29.9 Å². The van der Waals surface area contributed by atoms with Gasteiger partial charge in [0.05, 0.1) is 5.75 Å². The molecule has 1 aromatic heterocycles. The number of thioether (sulfide) groups is 1. The third kappa shape index (κ3) is 5.61. The summed E-state index contributed by atoms with van der Waals surface area (Å²) in [5.74, 6) is -2.45. The molecule has 1 heterocycles. The summed E-state index contributed by atoms with van der Waals surface area (Å²) in [4.78, 5) is 11.7. The van der Waals surface area contributed by atoms with Crippen LogP contribution >= 0.6 is 11.8 Å². The molecule has 0 saturated carbocycles. The smallest absolute Gasteiger partial charge is 0.287 e. The topological polar surface area (TPSA) is 62.5 Å². The lowest BCUT2D eigenvalue weighted by molar-refractivity contribution is 0.0882. The summed E-state index contributed by atoms with van der Waals surface area (Å²) in [5.41, 5.74) is -0.420. The van der Waals surface area contributed by atoms with Crippen LogP contribution in [0.2, 0.25) is 0 Å². The van der Waals surface area contributed by atoms with Crippen molar-refractivity contribution in [2.75, 3.05) is 13.2 Å². The fourth-order valence-electron chi connectivity index (χ4n) is 1.19. The number of hydrogen-bond donors (Lipinski definition) is 2. The molecule has 1 aromatic rings. The molecule has 1 amide bonds. The molecule has 19 heavy (non-hydrogen) atoms. The fraction of sp³-hybridized carbons (Fsp3) is 0.583. The largest absolute Gasteiger partial charge is 0.455 e. The van der Waals surface area contributed by atoms with Crippen molar-refractivity contribution >= 4 is 17.7 Å². The van der Waals surface area contributed by atoms with Gasteiger partial charge in [-0.25, -0.2) is 0 Å². The molecule has 0 aliphatic carbocycles. The van der Waals surface area contributed by atoms with Crippen molar-refractivity contribution in [1.82, 2.24) is 5.32 Å². The lowest BCUT2D eigenvalue weighted by atomic mass is 9.95. The molecule has 4 nitrogen and oxygen atoms in total. The van der Waals surface area contributed by atoms with E-state index in [1.54, 1.807) is 13.8 Å². The standard InChI is InChI=1S/C12H17F2NO3S/c1-12(2,7-16)6-15-10(17)9-4-3-8(18-9)5-19-11(13)14/h3-4,11,16H,5-7H2,1-2H3,(H,15,17). The summed E-state index contributed by atoms with van der Waals surface area (Å²) in [6.07, 6.45) is 0. The first kappa shape index (κ1) is 16.0. The van der Waals surface area contributed by atoms with Gasteiger partial charge in [-0.1, -0.05) is 25.6 Å². The monoisotopic (exact) mass is 293 g/mol. The number of hydrogen-bond acceptors (Lipinski definition) is 4. The number of rotatable bonds is 7. The number of carbonyl (C=O) groups excluding carboxylic acids is 1. The Bertz CT molecular complexity index is 421. The van der Waals surface area contributed by atoms with Gasteiger partial charge in [0.2, 0.25) is 0 Å². The summed E-state index contributed by atoms with van der Waals surface area (Å²) in [7, 11) is 0. The van der Waals surface area contributed by atoms with Gasteiger partial charge in [0.25, 0.3) is 11.7 Å². The number of alkyl halides is 2. The van der Waals surface area contributed by atoms with Gasteiger partial charge in [0.1, 0.15) is 5.76 Å². The van der Waals surface area contributed by atoms with Crippen molar-refractivity contribution in [3.05, 3.63) is 23.7 Å². The minimum atomic E-state index is -2.47. The van der Waals surface area contributed by atoms with Gasteiger partial charge >= 0.3 is 0 Å². The molecular formula is C12H17F2NO3S. The predicted octanol–water partition coefficient (Wildman–Crippen LogP) is 2.48. The van der Waals surface area contributed by atoms with E-state index in [1.165, 1.54) is 12.1 Å². The van der Waals surface area contributed by atoms with E-state index >= 15 is 0 Å². The molecule has 0 fully saturated rings. The highest BCUT2D eigenvalue weighted by atomic mass is 32.2. The Balaban J connectivity index is 2.49. The molecule has 1 rings (SSSR count). The van der Waals surface area contributed by atoms with E-state index in [9.17, 15) is 13.6 Å². The van der Waals surface area contributed by atoms with Gasteiger partial charge in [-0.15, -0.1) is 0 Å². The van der Waals surface area contributed by atoms with Gasteiger partial charge in [-0.2, -0.15) is 8.78 Å². The number of aliphatic hydroxyl groups excluding tert-OH is 1. The molecule has 0 radical (unpaired) electrons. The van der Waals surface area contributed by atoms with E-state index in [0.29, 0.717) is 24.1 Å². The van der Waals surface area contributed by atoms with Gasteiger partial charge in [-0.05, 0) is 12.1 Å². The van der Waals surface area contributed by atoms with Crippen LogP contribution in [0.15, 0.2) is 16.5 Å². The summed E-state index contributed by atoms with van der Waals surface area (Å²) < 4.78 is 29.2. The van der Waals surface area contributed by atoms with Crippen LogP contribution < -0.4 is 5.32 Å². The highest BCUT2D eigenvalue weighted by Gasteiger charge is 2.19. The number of amides is 1. The van der Waals surface area contributed by atoms with Crippen molar-refractivity contribution in [2.45, 2.75) is 25.4 Å². The lowest BCUT2D eigenvalue weighted by Gasteiger charge is -2.21. The maximum atomic E-state index is 12.0. The first-order valence-electron chi connectivity index (χ1n) is 5.71. The lowest BCUT2D eigenvalue weighted by Crippen LogP contribution is -2.35. The Morgan fingerprint density at radius 1 is 1.53 bits per heavy atom. The van der Waals surface area contributed by atoms with E-state index in [0.717, 1.165) is 0 Å². The van der Waals surface area contributed by atoms with Crippen LogP contribution in [0.5, 0.6) is 0 Å². The third-order valence-electron chi connectivity index (χ3n) is 2.39. The van der Waals surface area contributed by atoms with Crippen molar-refractivity contribution in [3.63, 3.8) is 0 Å². The molecule has 0 aromatic carbocycles. The zero-order valence-corrected chi connectivity index (χ0v) is 11.6. The summed E-state index contributed by atoms with van der Waals surface area (Å²) in [5, 5.41) is 11.7. The zero-order chi connectivity index (χ0) is 14.5. The highest BCUT2D eigenvalue weighted by molar-refractivity contribution is 7.98. The van der Waals surface area contributed by atoms with Crippen molar-refractivity contribution in [2.24, 2.45) is 5.41 Å². The van der Waals surface area contributed by atoms with E-state index in [-0.39, 0.29) is 18.1 Å². The highest BCUT2D eigenvalue weighted by Crippen LogP contribution is 2.21. The number of carbonyl (C=O) groups is 1. The maximum Gasteiger partial charge on any atom is 0.287 e. The minimum absolute atomic E-state index is 0.0209. The molecule has 2 N–H and O–H groups in total. The molecule has 0 spiro atoms. The van der Waals surface area contributed by atoms with Crippen LogP contribution in [-0.2, 0) is 5.75 Å². The summed E-state index contributed by atoms with van der Waals surface area (Å²) in [6, 6.07) is 2.95. The summed E-state index contributed by atoms with van der Waals surface area (Å²) in [6.45, 7) is 3.85. The minimum Gasteiger partial charge on any atom is -0.455 e. The van der Waals surface area contributed by atoms with E-state index in [4.69, 9.17) is 9.52 Å². The predicted molar refractivity (Wildman–Crippen MR) is 69.2 cm³/mol. The second-order valence-corrected chi connectivity index (χ2v) is 5.82. The molecule has 7 heteroatoms. The van der Waals surface area contributed by atoms with Crippen LogP contribution in [0.25, 0.3) is 0 Å². The van der Waals surface area contributed by atoms with Crippen LogP contribution in [0.1, 0.15) is 30.2 Å². The number of nitrogens with one attached hydrogen (secondary N) is 1. The van der Waals surface area contributed by atoms with Gasteiger partial charge < -0.3 is 14.8 Å². The fourth-order valence-corrected chi connectivity index (χ4v) is 1.63. The molecular weight excluding hydrogens is 276 g/mol. The zero-order valence-electron chi connectivity index (χ0n) is 10.8. The number of furan rings is 1. The average molecular weight is 293 g/mol. The maximum absolute atomic E-state index is 12.0. The van der Waals surface area contributed by atoms with Crippen molar-refractivity contribution < 1.29 is 23.1 Å². The third-order valence-corrected chi connectivity index (χ3v) is 3.10. The first-order valence-corrected chi connectivity index (χ1v) is 6.76. The van der Waals surface area contributed by atoms with Gasteiger partial charge in [-0.3, -0.25) is 4.79 Å². The first-order chi connectivity index (χ1) is 8.84. The van der Waals surface area contributed by atoms with Crippen LogP contribution in [0.3, 0.4) is 0 Å². The molecule has 0 bridgehead atoms. The molecule has 0 aliphatic heterocycles. The Labute approximate surface area is 114 Å². The number of halogens is 2. The van der Waals surface area contributed by atoms with Crippen molar-refractivity contribution in [3.8, 4) is 0 Å². The molecule has 0 aliphatic rings. The SMILES string of the molecule is CC(C)(CO)CNC(=O)c1ccc(CSC(F)F)o1. The van der Waals surface area contributed by atoms with Crippen LogP contribution in [0.4, 0.5) is 8.78 Å². The Morgan fingerprint density at radius 2 is 2.21 bits per heavy atom. The Morgan fingerprint density at radius 3 is 2.79 bits per heavy atom. The molecule has 0 saturated heterocycles. The normalized spacial score (nSPS) is 11.9. The second-order valence-electron chi connectivity index (χ2n) is 4.84. The van der Waals surface area contributed by atoms with E-state index < -0.39 is 17.1 Å². The van der Waals surface area contributed by atoms with Gasteiger partial charge in [0, 0.05) is 18.6 Å². The van der Waals surface area contributed by atoms with Crippen molar-refractivity contribution in [1.29, 1.82) is 0 Å². The summed E-state index contributed by atoms with van der Waals surface area (Å²) >= 11 is 0.439. The van der Waals surface area contributed by atoms with Gasteiger partial charge in [0.15, 0.2) is 5.76 Å². The Hall–Kier alpha value is -1.08. The number of aliphatic hydroxyl groups is 1. The van der Waals surface area contributed by atoms with E-state index in [2.05, 4.69) is 5.32 Å². The van der Waals surface area contributed by atoms with E-state index in [1.807, 2.05) is 0 Å².